The van der Waals surface area contributed by atoms with Crippen molar-refractivity contribution in [1.82, 2.24) is 0 Å². The molecule has 0 spiro atoms. The van der Waals surface area contributed by atoms with Crippen LogP contribution in [-0.4, -0.2) is 18.5 Å². The zero-order valence-electron chi connectivity index (χ0n) is 9.32. The molecule has 2 rings (SSSR count). The molecule has 0 amide bonds. The van der Waals surface area contributed by atoms with E-state index in [-0.39, 0.29) is 12.1 Å². The Hall–Kier alpha value is -0.840. The van der Waals surface area contributed by atoms with E-state index >= 15 is 0 Å². The molecular weight excluding hydrogens is 194 g/mol. The lowest BCUT2D eigenvalue weighted by molar-refractivity contribution is -0.141. The fraction of sp³-hybridized carbons (Fsp3) is 0.636. The first kappa shape index (κ1) is 10.7. The summed E-state index contributed by atoms with van der Waals surface area (Å²) < 4.78 is 16.6. The normalized spacial score (nSPS) is 26.8. The highest BCUT2D eigenvalue weighted by Crippen LogP contribution is 2.29. The topological polar surface area (TPSA) is 57.6 Å². The van der Waals surface area contributed by atoms with Gasteiger partial charge in [-0.3, -0.25) is 0 Å². The quantitative estimate of drug-likeness (QED) is 0.809. The van der Waals surface area contributed by atoms with E-state index < -0.39 is 5.79 Å². The van der Waals surface area contributed by atoms with Crippen LogP contribution >= 0.6 is 0 Å². The van der Waals surface area contributed by atoms with E-state index in [9.17, 15) is 0 Å². The SMILES string of the molecule is Cc1ccc([C@@H](N)C2COC(C)(C)O2)o1. The molecule has 1 fully saturated rings. The van der Waals surface area contributed by atoms with Crippen LogP contribution in [0.25, 0.3) is 0 Å². The molecule has 84 valence electrons. The molecule has 1 aliphatic heterocycles. The minimum Gasteiger partial charge on any atom is -0.465 e. The molecule has 2 heterocycles. The van der Waals surface area contributed by atoms with Gasteiger partial charge in [0.1, 0.15) is 17.6 Å². The van der Waals surface area contributed by atoms with Crippen LogP contribution in [0.4, 0.5) is 0 Å². The second kappa shape index (κ2) is 3.63. The van der Waals surface area contributed by atoms with E-state index in [0.29, 0.717) is 6.61 Å². The molecule has 1 unspecified atom stereocenters. The minimum atomic E-state index is -0.538. The van der Waals surface area contributed by atoms with Gasteiger partial charge in [0.2, 0.25) is 0 Å². The van der Waals surface area contributed by atoms with Crippen LogP contribution in [0.15, 0.2) is 16.5 Å². The van der Waals surface area contributed by atoms with Crippen molar-refractivity contribution in [3.05, 3.63) is 23.7 Å². The maximum absolute atomic E-state index is 6.04. The van der Waals surface area contributed by atoms with Gasteiger partial charge in [-0.2, -0.15) is 0 Å². The van der Waals surface area contributed by atoms with Crippen molar-refractivity contribution in [2.75, 3.05) is 6.61 Å². The number of aryl methyl sites for hydroxylation is 1. The van der Waals surface area contributed by atoms with Crippen LogP contribution < -0.4 is 5.73 Å². The monoisotopic (exact) mass is 211 g/mol. The van der Waals surface area contributed by atoms with Crippen molar-refractivity contribution in [2.45, 2.75) is 38.7 Å². The van der Waals surface area contributed by atoms with E-state index in [0.717, 1.165) is 11.5 Å². The number of ether oxygens (including phenoxy) is 2. The highest BCUT2D eigenvalue weighted by atomic mass is 16.7. The Morgan fingerprint density at radius 3 is 2.67 bits per heavy atom. The lowest BCUT2D eigenvalue weighted by Crippen LogP contribution is -2.30. The summed E-state index contributed by atoms with van der Waals surface area (Å²) in [6.07, 6.45) is -0.134. The summed E-state index contributed by atoms with van der Waals surface area (Å²) in [4.78, 5) is 0. The molecule has 4 nitrogen and oxygen atoms in total. The first-order chi connectivity index (χ1) is 6.98. The molecule has 0 aliphatic carbocycles. The molecule has 1 aliphatic rings. The van der Waals surface area contributed by atoms with Gasteiger partial charge in [0, 0.05) is 0 Å². The maximum atomic E-state index is 6.04. The average molecular weight is 211 g/mol. The average Bonchev–Trinajstić information content (AvgIpc) is 2.71. The molecule has 15 heavy (non-hydrogen) atoms. The third-order valence-corrected chi connectivity index (χ3v) is 2.52. The van der Waals surface area contributed by atoms with E-state index in [2.05, 4.69) is 0 Å². The lowest BCUT2D eigenvalue weighted by atomic mass is 10.1. The van der Waals surface area contributed by atoms with Gasteiger partial charge in [0.05, 0.1) is 12.6 Å². The van der Waals surface area contributed by atoms with Gasteiger partial charge >= 0.3 is 0 Å². The Bertz CT molecular complexity index is 345. The van der Waals surface area contributed by atoms with E-state index in [4.69, 9.17) is 19.6 Å². The third-order valence-electron chi connectivity index (χ3n) is 2.52. The predicted octanol–water partition coefficient (Wildman–Crippen LogP) is 1.74. The Morgan fingerprint density at radius 2 is 2.20 bits per heavy atom. The molecule has 0 aromatic carbocycles. The van der Waals surface area contributed by atoms with Crippen molar-refractivity contribution < 1.29 is 13.9 Å². The number of hydrogen-bond donors (Lipinski definition) is 1. The largest absolute Gasteiger partial charge is 0.465 e. The van der Waals surface area contributed by atoms with Gasteiger partial charge in [-0.15, -0.1) is 0 Å². The van der Waals surface area contributed by atoms with Crippen LogP contribution in [0.2, 0.25) is 0 Å². The molecule has 1 saturated heterocycles. The van der Waals surface area contributed by atoms with Crippen LogP contribution in [0, 0.1) is 6.92 Å². The lowest BCUT2D eigenvalue weighted by Gasteiger charge is -2.19. The Labute approximate surface area is 89.3 Å². The van der Waals surface area contributed by atoms with Gasteiger partial charge in [0.25, 0.3) is 0 Å². The summed E-state index contributed by atoms with van der Waals surface area (Å²) in [7, 11) is 0. The van der Waals surface area contributed by atoms with Gasteiger partial charge < -0.3 is 19.6 Å². The van der Waals surface area contributed by atoms with Gasteiger partial charge in [-0.1, -0.05) is 0 Å². The highest BCUT2D eigenvalue weighted by molar-refractivity contribution is 5.11. The van der Waals surface area contributed by atoms with Crippen molar-refractivity contribution in [2.24, 2.45) is 5.73 Å². The molecule has 0 saturated carbocycles. The van der Waals surface area contributed by atoms with E-state index in [1.165, 1.54) is 0 Å². The zero-order chi connectivity index (χ0) is 11.1. The number of nitrogens with two attached hydrogens (primary N) is 1. The standard InChI is InChI=1S/C11H17NO3/c1-7-4-5-8(14-7)10(12)9-6-13-11(2,3)15-9/h4-5,9-10H,6,12H2,1-3H3/t9?,10-/m1/s1. The molecule has 0 bridgehead atoms. The van der Waals surface area contributed by atoms with Crippen LogP contribution in [-0.2, 0) is 9.47 Å². The Kier molecular flexibility index (Phi) is 2.58. The first-order valence-electron chi connectivity index (χ1n) is 5.12. The molecule has 1 aromatic rings. The fourth-order valence-electron chi connectivity index (χ4n) is 1.71. The van der Waals surface area contributed by atoms with Gasteiger partial charge in [-0.05, 0) is 32.9 Å². The first-order valence-corrected chi connectivity index (χ1v) is 5.12. The smallest absolute Gasteiger partial charge is 0.163 e. The summed E-state index contributed by atoms with van der Waals surface area (Å²) in [5.41, 5.74) is 6.04. The second-order valence-electron chi connectivity index (χ2n) is 4.34. The van der Waals surface area contributed by atoms with E-state index in [1.807, 2.05) is 32.9 Å². The fourth-order valence-corrected chi connectivity index (χ4v) is 1.71. The minimum absolute atomic E-state index is 0.134. The molecule has 1 aromatic heterocycles. The van der Waals surface area contributed by atoms with Crippen molar-refractivity contribution in [1.29, 1.82) is 0 Å². The van der Waals surface area contributed by atoms with Crippen LogP contribution in [0.5, 0.6) is 0 Å². The molecule has 2 atom stereocenters. The maximum Gasteiger partial charge on any atom is 0.163 e. The summed E-state index contributed by atoms with van der Waals surface area (Å²) in [6.45, 7) is 6.17. The van der Waals surface area contributed by atoms with Crippen LogP contribution in [0.1, 0.15) is 31.4 Å². The van der Waals surface area contributed by atoms with Crippen molar-refractivity contribution >= 4 is 0 Å². The summed E-state index contributed by atoms with van der Waals surface area (Å²) >= 11 is 0. The molecule has 2 N–H and O–H groups in total. The molecular formula is C11H17NO3. The Balaban J connectivity index is 2.06. The predicted molar refractivity (Wildman–Crippen MR) is 55.3 cm³/mol. The summed E-state index contributed by atoms with van der Waals surface area (Å²) in [5, 5.41) is 0. The number of rotatable bonds is 2. The third kappa shape index (κ3) is 2.22. The van der Waals surface area contributed by atoms with E-state index in [1.54, 1.807) is 0 Å². The van der Waals surface area contributed by atoms with Gasteiger partial charge in [-0.25, -0.2) is 0 Å². The van der Waals surface area contributed by atoms with Crippen molar-refractivity contribution in [3.8, 4) is 0 Å². The highest BCUT2D eigenvalue weighted by Gasteiger charge is 2.37. The van der Waals surface area contributed by atoms with Crippen LogP contribution in [0.3, 0.4) is 0 Å². The number of furan rings is 1. The number of hydrogen-bond acceptors (Lipinski definition) is 4. The molecule has 0 radical (unpaired) electrons. The Morgan fingerprint density at radius 1 is 1.47 bits per heavy atom. The molecule has 4 heteroatoms. The second-order valence-corrected chi connectivity index (χ2v) is 4.34. The zero-order valence-corrected chi connectivity index (χ0v) is 9.32. The summed E-state index contributed by atoms with van der Waals surface area (Å²) in [6, 6.07) is 3.52. The summed E-state index contributed by atoms with van der Waals surface area (Å²) in [5.74, 6) is 1.07. The van der Waals surface area contributed by atoms with Crippen molar-refractivity contribution in [3.63, 3.8) is 0 Å². The van der Waals surface area contributed by atoms with Gasteiger partial charge in [0.15, 0.2) is 5.79 Å².